The summed E-state index contributed by atoms with van der Waals surface area (Å²) in [5, 5.41) is 0. The number of hydrogen-bond donors (Lipinski definition) is 0. The first kappa shape index (κ1) is 12.6. The molecule has 1 unspecified atom stereocenters. The second kappa shape index (κ2) is 6.20. The highest BCUT2D eigenvalue weighted by molar-refractivity contribution is 8.22. The summed E-state index contributed by atoms with van der Waals surface area (Å²) in [5.74, 6) is 2.13. The molecule has 0 amide bonds. The van der Waals surface area contributed by atoms with Crippen LogP contribution >= 0.6 is 24.0 Å². The zero-order valence-corrected chi connectivity index (χ0v) is 11.8. The average molecular weight is 254 g/mol. The van der Waals surface area contributed by atoms with Gasteiger partial charge in [-0.2, -0.15) is 0 Å². The quantitative estimate of drug-likeness (QED) is 0.512. The Balaban J connectivity index is 1.74. The van der Waals surface area contributed by atoms with Crippen LogP contribution in [0.3, 0.4) is 0 Å². The first-order valence-electron chi connectivity index (χ1n) is 6.54. The fourth-order valence-corrected chi connectivity index (χ4v) is 3.22. The first-order chi connectivity index (χ1) is 7.79. The van der Waals surface area contributed by atoms with Gasteiger partial charge in [-0.3, -0.25) is 0 Å². The van der Waals surface area contributed by atoms with E-state index in [0.717, 1.165) is 22.5 Å². The van der Waals surface area contributed by atoms with Gasteiger partial charge in [0.2, 0.25) is 0 Å². The molecule has 2 fully saturated rings. The molecule has 0 nitrogen and oxygen atoms in total. The van der Waals surface area contributed by atoms with Gasteiger partial charge in [0.15, 0.2) is 0 Å². The number of hydrogen-bond acceptors (Lipinski definition) is 2. The molecule has 2 heteroatoms. The molecule has 2 aliphatic rings. The van der Waals surface area contributed by atoms with Crippen molar-refractivity contribution in [1.29, 1.82) is 0 Å². The summed E-state index contributed by atoms with van der Waals surface area (Å²) in [6.07, 6.45) is 15.5. The van der Waals surface area contributed by atoms with Gasteiger partial charge in [0, 0.05) is 4.20 Å². The Kier molecular flexibility index (Phi) is 4.90. The highest BCUT2D eigenvalue weighted by Gasteiger charge is 2.32. The Morgan fingerprint density at radius 3 is 2.88 bits per heavy atom. The monoisotopic (exact) mass is 254 g/mol. The third-order valence-corrected chi connectivity index (χ3v) is 5.26. The van der Waals surface area contributed by atoms with Gasteiger partial charge in [-0.05, 0) is 69.5 Å². The van der Waals surface area contributed by atoms with Gasteiger partial charge in [-0.25, -0.2) is 0 Å². The van der Waals surface area contributed by atoms with E-state index >= 15 is 0 Å². The van der Waals surface area contributed by atoms with Crippen molar-refractivity contribution in [3.63, 3.8) is 0 Å². The average Bonchev–Trinajstić information content (AvgIpc) is 3.13. The number of rotatable bonds is 4. The van der Waals surface area contributed by atoms with Gasteiger partial charge in [0.05, 0.1) is 0 Å². The van der Waals surface area contributed by atoms with Crippen LogP contribution in [0.2, 0.25) is 0 Å². The highest BCUT2D eigenvalue weighted by atomic mass is 32.2. The maximum atomic E-state index is 5.23. The van der Waals surface area contributed by atoms with Crippen LogP contribution in [0.15, 0.2) is 11.6 Å². The number of thioether (sulfide) groups is 1. The van der Waals surface area contributed by atoms with Gasteiger partial charge >= 0.3 is 0 Å². The topological polar surface area (TPSA) is 0 Å². The van der Waals surface area contributed by atoms with E-state index in [1.165, 1.54) is 44.9 Å². The summed E-state index contributed by atoms with van der Waals surface area (Å²) < 4.78 is 1.16. The predicted octanol–water partition coefficient (Wildman–Crippen LogP) is 4.98. The zero-order chi connectivity index (χ0) is 11.4. The standard InChI is InChI=1S/C14H22S2/c1-16-14(15)7-3-5-11-4-2-6-13(10-11)12-8-9-12/h5,12-13H,2-4,6-10H2,1H3/b11-5-. The Bertz CT molecular complexity index is 276. The van der Waals surface area contributed by atoms with Crippen LogP contribution in [0.4, 0.5) is 0 Å². The first-order valence-corrected chi connectivity index (χ1v) is 8.17. The second-order valence-electron chi connectivity index (χ2n) is 5.17. The third kappa shape index (κ3) is 3.89. The molecular formula is C14H22S2. The van der Waals surface area contributed by atoms with E-state index in [0.29, 0.717) is 0 Å². The number of allylic oxidation sites excluding steroid dienone is 2. The molecule has 2 aliphatic carbocycles. The molecule has 0 radical (unpaired) electrons. The third-order valence-electron chi connectivity index (χ3n) is 3.90. The maximum absolute atomic E-state index is 5.23. The van der Waals surface area contributed by atoms with Gasteiger partial charge < -0.3 is 0 Å². The van der Waals surface area contributed by atoms with Gasteiger partial charge in [-0.1, -0.05) is 23.9 Å². The summed E-state index contributed by atoms with van der Waals surface area (Å²) in [5.41, 5.74) is 1.73. The molecule has 0 N–H and O–H groups in total. The maximum Gasteiger partial charge on any atom is 0.0478 e. The summed E-state index contributed by atoms with van der Waals surface area (Å²) in [4.78, 5) is 0. The fourth-order valence-electron chi connectivity index (χ4n) is 2.78. The van der Waals surface area contributed by atoms with Crippen LogP contribution in [-0.4, -0.2) is 10.5 Å². The van der Waals surface area contributed by atoms with E-state index < -0.39 is 0 Å². The lowest BCUT2D eigenvalue weighted by molar-refractivity contribution is 0.373. The van der Waals surface area contributed by atoms with Crippen molar-refractivity contribution in [3.05, 3.63) is 11.6 Å². The Labute approximate surface area is 109 Å². The van der Waals surface area contributed by atoms with Gasteiger partial charge in [0.25, 0.3) is 0 Å². The molecule has 0 aromatic rings. The molecule has 2 rings (SSSR count). The molecule has 16 heavy (non-hydrogen) atoms. The van der Waals surface area contributed by atoms with Crippen LogP contribution in [0.5, 0.6) is 0 Å². The van der Waals surface area contributed by atoms with E-state index in [1.807, 2.05) is 0 Å². The lowest BCUT2D eigenvalue weighted by Gasteiger charge is -2.24. The van der Waals surface area contributed by atoms with Gasteiger partial charge in [0.1, 0.15) is 0 Å². The molecule has 0 saturated heterocycles. The highest BCUT2D eigenvalue weighted by Crippen LogP contribution is 2.45. The van der Waals surface area contributed by atoms with Crippen molar-refractivity contribution in [2.45, 2.75) is 51.4 Å². The Morgan fingerprint density at radius 1 is 1.38 bits per heavy atom. The normalized spacial score (nSPS) is 28.3. The predicted molar refractivity (Wildman–Crippen MR) is 78.1 cm³/mol. The second-order valence-corrected chi connectivity index (χ2v) is 6.82. The molecule has 0 spiro atoms. The van der Waals surface area contributed by atoms with E-state index in [-0.39, 0.29) is 0 Å². The minimum Gasteiger partial charge on any atom is -0.122 e. The number of thiocarbonyl (C=S) groups is 1. The lowest BCUT2D eigenvalue weighted by atomic mass is 9.82. The molecule has 0 bridgehead atoms. The lowest BCUT2D eigenvalue weighted by Crippen LogP contribution is -2.10. The Hall–Kier alpha value is 0.180. The summed E-state index contributed by atoms with van der Waals surface area (Å²) >= 11 is 6.96. The Morgan fingerprint density at radius 2 is 2.19 bits per heavy atom. The zero-order valence-electron chi connectivity index (χ0n) is 10.2. The molecule has 0 heterocycles. The molecule has 90 valence electrons. The molecular weight excluding hydrogens is 232 g/mol. The molecule has 0 aromatic carbocycles. The summed E-state index contributed by atoms with van der Waals surface area (Å²) in [6.45, 7) is 0. The SMILES string of the molecule is CSC(=S)CC/C=C1/CCCC(C2CC2)C1. The van der Waals surface area contributed by atoms with Crippen LogP contribution in [0.1, 0.15) is 51.4 Å². The summed E-state index contributed by atoms with van der Waals surface area (Å²) in [7, 11) is 0. The van der Waals surface area contributed by atoms with E-state index in [2.05, 4.69) is 12.3 Å². The van der Waals surface area contributed by atoms with E-state index in [1.54, 1.807) is 17.3 Å². The molecule has 1 atom stereocenters. The van der Waals surface area contributed by atoms with Gasteiger partial charge in [-0.15, -0.1) is 11.8 Å². The van der Waals surface area contributed by atoms with Crippen molar-refractivity contribution < 1.29 is 0 Å². The van der Waals surface area contributed by atoms with Crippen molar-refractivity contribution in [2.75, 3.05) is 6.26 Å². The van der Waals surface area contributed by atoms with E-state index in [4.69, 9.17) is 12.2 Å². The largest absolute Gasteiger partial charge is 0.122 e. The molecule has 0 aliphatic heterocycles. The smallest absolute Gasteiger partial charge is 0.0478 e. The van der Waals surface area contributed by atoms with Crippen LogP contribution < -0.4 is 0 Å². The van der Waals surface area contributed by atoms with Crippen molar-refractivity contribution in [3.8, 4) is 0 Å². The fraction of sp³-hybridized carbons (Fsp3) is 0.786. The van der Waals surface area contributed by atoms with Crippen LogP contribution in [0.25, 0.3) is 0 Å². The van der Waals surface area contributed by atoms with Crippen molar-refractivity contribution >= 4 is 28.2 Å². The minimum absolute atomic E-state index is 1.03. The minimum atomic E-state index is 1.03. The van der Waals surface area contributed by atoms with Crippen molar-refractivity contribution in [1.82, 2.24) is 0 Å². The van der Waals surface area contributed by atoms with E-state index in [9.17, 15) is 0 Å². The van der Waals surface area contributed by atoms with Crippen molar-refractivity contribution in [2.24, 2.45) is 11.8 Å². The molecule has 0 aromatic heterocycles. The van der Waals surface area contributed by atoms with Crippen LogP contribution in [0, 0.1) is 11.8 Å². The summed E-state index contributed by atoms with van der Waals surface area (Å²) in [6, 6.07) is 0. The van der Waals surface area contributed by atoms with Crippen LogP contribution in [-0.2, 0) is 0 Å². The molecule has 2 saturated carbocycles.